The number of fused-ring (bicyclic) bond motifs is 1. The second-order valence-corrected chi connectivity index (χ2v) is 15.5. The Morgan fingerprint density at radius 3 is 2.19 bits per heavy atom. The molecule has 12 atom stereocenters. The van der Waals surface area contributed by atoms with Crippen LogP contribution in [0.4, 0.5) is 10.2 Å². The van der Waals surface area contributed by atoms with E-state index in [0.717, 1.165) is 34.0 Å². The molecule has 0 amide bonds. The van der Waals surface area contributed by atoms with Crippen LogP contribution in [0.2, 0.25) is 0 Å². The van der Waals surface area contributed by atoms with Gasteiger partial charge in [-0.25, -0.2) is 23.2 Å². The van der Waals surface area contributed by atoms with Crippen molar-refractivity contribution in [1.82, 2.24) is 9.97 Å². The fourth-order valence-corrected chi connectivity index (χ4v) is 8.27. The maximum atomic E-state index is 15.4. The van der Waals surface area contributed by atoms with Gasteiger partial charge in [-0.2, -0.15) is 0 Å². The molecule has 4 rings (SSSR count). The van der Waals surface area contributed by atoms with Crippen molar-refractivity contribution in [2.24, 2.45) is 0 Å². The summed E-state index contributed by atoms with van der Waals surface area (Å²) in [4.78, 5) is 76.4. The second kappa shape index (κ2) is 16.8. The Morgan fingerprint density at radius 2 is 1.58 bits per heavy atom. The van der Waals surface area contributed by atoms with E-state index in [1.54, 1.807) is 0 Å². The number of aromatic nitrogens is 2. The first kappa shape index (κ1) is 41.5. The minimum atomic E-state index is -5.72. The van der Waals surface area contributed by atoms with Crippen molar-refractivity contribution in [2.75, 3.05) is 18.9 Å². The molecule has 2 aliphatic rings. The number of hydrogen-bond donors (Lipinski definition) is 5. The molecule has 290 valence electrons. The van der Waals surface area contributed by atoms with Gasteiger partial charge in [0.2, 0.25) is 6.29 Å². The number of nitrogens with two attached hydrogens (primary N) is 1. The van der Waals surface area contributed by atoms with E-state index in [1.807, 2.05) is 0 Å². The molecule has 26 heteroatoms. The number of furan rings is 1. The van der Waals surface area contributed by atoms with Crippen LogP contribution in [-0.2, 0) is 77.3 Å². The maximum absolute atomic E-state index is 15.4. The summed E-state index contributed by atoms with van der Waals surface area (Å²) in [5.41, 5.74) is 6.18. The molecule has 0 spiro atoms. The second-order valence-electron chi connectivity index (χ2n) is 11.1. The number of rotatable bonds is 14. The molecule has 2 saturated heterocycles. The number of carbonyl (C=O) groups excluding carboxylic acids is 4. The van der Waals surface area contributed by atoms with Crippen molar-refractivity contribution >= 4 is 67.1 Å². The molecule has 0 bridgehead atoms. The van der Waals surface area contributed by atoms with Gasteiger partial charge in [-0.1, -0.05) is 0 Å². The molecule has 0 aliphatic carbocycles. The van der Waals surface area contributed by atoms with Gasteiger partial charge in [0.1, 0.15) is 49.0 Å². The smallest absolute Gasteiger partial charge is 0.463 e. The van der Waals surface area contributed by atoms with E-state index in [4.69, 9.17) is 54.7 Å². The summed E-state index contributed by atoms with van der Waals surface area (Å²) in [7, 11) is -5.72. The molecular formula is C26H34FN3O19P2S. The predicted molar refractivity (Wildman–Crippen MR) is 167 cm³/mol. The highest BCUT2D eigenvalue weighted by atomic mass is 32.5. The summed E-state index contributed by atoms with van der Waals surface area (Å²) in [6.07, 6.45) is -16.5. The Morgan fingerprint density at radius 1 is 0.962 bits per heavy atom. The van der Waals surface area contributed by atoms with E-state index in [1.165, 1.54) is 6.26 Å². The van der Waals surface area contributed by atoms with Crippen LogP contribution in [0, 0.1) is 0 Å². The van der Waals surface area contributed by atoms with Crippen molar-refractivity contribution in [3.05, 3.63) is 18.2 Å². The van der Waals surface area contributed by atoms with Gasteiger partial charge in [0.05, 0.1) is 12.9 Å². The zero-order valence-corrected chi connectivity index (χ0v) is 30.0. The molecule has 2 aromatic rings. The Labute approximate surface area is 297 Å². The third kappa shape index (κ3) is 10.2. The van der Waals surface area contributed by atoms with Crippen molar-refractivity contribution in [1.29, 1.82) is 0 Å². The molecule has 0 aromatic carbocycles. The molecule has 2 unspecified atom stereocenters. The van der Waals surface area contributed by atoms with E-state index in [2.05, 4.69) is 19.0 Å². The number of nitrogen functional groups attached to an aromatic ring is 1. The Kier molecular flexibility index (Phi) is 13.4. The summed E-state index contributed by atoms with van der Waals surface area (Å²) in [5.74, 6) is -4.20. The van der Waals surface area contributed by atoms with Gasteiger partial charge in [-0.05, 0) is 11.8 Å². The van der Waals surface area contributed by atoms with E-state index < -0.39 is 113 Å². The SMILES string of the molecule is CC(=O)OC[C@H](F)[C@H]1O[C@@H](OP(=O)(O)OP(O)(=S)OC[C@H]2O[C@@H](c3coc4c(N)ncnc34)[C@H](O)[C@@H]2O)[C@@H](OC(C)=O)[C@@H](OC(C)=O)[C@@H]1OC(C)=O. The molecule has 2 fully saturated rings. The summed E-state index contributed by atoms with van der Waals surface area (Å²) >= 11 is 4.82. The molecule has 2 aromatic heterocycles. The summed E-state index contributed by atoms with van der Waals surface area (Å²) in [5, 5.41) is 21.3. The number of halogens is 1. The van der Waals surface area contributed by atoms with Gasteiger partial charge >= 0.3 is 38.4 Å². The minimum absolute atomic E-state index is 0.0103. The van der Waals surface area contributed by atoms with Gasteiger partial charge in [-0.15, -0.1) is 0 Å². The van der Waals surface area contributed by atoms with Crippen LogP contribution in [0.25, 0.3) is 11.1 Å². The minimum Gasteiger partial charge on any atom is -0.463 e. The van der Waals surface area contributed by atoms with Crippen molar-refractivity contribution < 1.29 is 94.3 Å². The lowest BCUT2D eigenvalue weighted by molar-refractivity contribution is -0.296. The Bertz CT molecular complexity index is 1750. The first-order chi connectivity index (χ1) is 24.2. The van der Waals surface area contributed by atoms with Crippen LogP contribution in [0.5, 0.6) is 0 Å². The van der Waals surface area contributed by atoms with Crippen molar-refractivity contribution in [3.63, 3.8) is 0 Å². The van der Waals surface area contributed by atoms with Crippen LogP contribution >= 0.6 is 14.5 Å². The fraction of sp³-hybridized carbons (Fsp3) is 0.615. The number of aliphatic hydroxyl groups is 2. The van der Waals surface area contributed by atoms with Crippen LogP contribution in [0.3, 0.4) is 0 Å². The topological polar surface area (TPSA) is 314 Å². The van der Waals surface area contributed by atoms with Crippen molar-refractivity contribution in [2.45, 2.75) is 89.0 Å². The average Bonchev–Trinajstić information content (AvgIpc) is 3.57. The van der Waals surface area contributed by atoms with E-state index in [9.17, 15) is 43.7 Å². The van der Waals surface area contributed by atoms with Crippen molar-refractivity contribution in [3.8, 4) is 0 Å². The average molecular weight is 806 g/mol. The highest BCUT2D eigenvalue weighted by Crippen LogP contribution is 2.62. The summed E-state index contributed by atoms with van der Waals surface area (Å²) in [6.45, 7) is -3.12. The molecule has 4 heterocycles. The normalized spacial score (nSPS) is 30.4. The van der Waals surface area contributed by atoms with E-state index >= 15 is 4.39 Å². The quantitative estimate of drug-likeness (QED) is 0.0934. The lowest BCUT2D eigenvalue weighted by atomic mass is 9.95. The lowest BCUT2D eigenvalue weighted by Gasteiger charge is -2.44. The number of phosphoric acid groups is 1. The number of ether oxygens (including phenoxy) is 6. The highest BCUT2D eigenvalue weighted by molar-refractivity contribution is 8.08. The molecule has 0 saturated carbocycles. The van der Waals surface area contributed by atoms with Crippen LogP contribution in [-0.4, -0.2) is 122 Å². The van der Waals surface area contributed by atoms with Crippen LogP contribution < -0.4 is 5.73 Å². The van der Waals surface area contributed by atoms with Gasteiger partial charge in [0.15, 0.2) is 35.9 Å². The number of nitrogens with zero attached hydrogens (tertiary/aromatic N) is 2. The standard InChI is InChI=1S/C26H34FN3O19P2S/c1-9(31)40-6-14(27)20-22(43-10(2)32)23(44-11(3)33)24(45-12(4)34)26(47-20)48-50(37,38)49-51(39,52)42-7-15-17(35)18(36)19(46-15)13-5-41-21-16(13)29-8-30-25(21)28/h5,8,14-15,17-20,22-24,26,35-36H,6-7H2,1-4H3,(H,37,38)(H,39,52)(H2,28,29,30)/t14-,15+,17+,18+,19-,20+,22+,23-,24-,26-,51?/m0/s1. The molecule has 52 heavy (non-hydrogen) atoms. The first-order valence-electron chi connectivity index (χ1n) is 14.8. The third-order valence-electron chi connectivity index (χ3n) is 7.16. The molecular weight excluding hydrogens is 771 g/mol. The first-order valence-corrected chi connectivity index (χ1v) is 18.9. The number of carbonyl (C=O) groups is 4. The lowest BCUT2D eigenvalue weighted by Crippen LogP contribution is -2.64. The van der Waals surface area contributed by atoms with E-state index in [-0.39, 0.29) is 22.5 Å². The fourth-order valence-electron chi connectivity index (χ4n) is 5.18. The van der Waals surface area contributed by atoms with Gasteiger partial charge in [0, 0.05) is 33.3 Å². The number of anilines is 1. The maximum Gasteiger partial charge on any atom is 0.481 e. The highest BCUT2D eigenvalue weighted by Gasteiger charge is 2.57. The molecule has 6 N–H and O–H groups in total. The Balaban J connectivity index is 1.52. The van der Waals surface area contributed by atoms with Gasteiger partial charge in [-0.3, -0.25) is 23.7 Å². The third-order valence-corrected chi connectivity index (χ3v) is 10.7. The predicted octanol–water partition coefficient (Wildman–Crippen LogP) is -0.245. The monoisotopic (exact) mass is 805 g/mol. The molecule has 22 nitrogen and oxygen atoms in total. The number of alkyl halides is 1. The zero-order chi connectivity index (χ0) is 38.7. The number of phosphoric ester groups is 1. The number of esters is 4. The number of hydrogen-bond acceptors (Lipinski definition) is 21. The molecule has 0 radical (unpaired) electrons. The van der Waals surface area contributed by atoms with Crippen LogP contribution in [0.15, 0.2) is 17.0 Å². The molecule has 2 aliphatic heterocycles. The van der Waals surface area contributed by atoms with Gasteiger partial charge in [0.25, 0.3) is 0 Å². The zero-order valence-electron chi connectivity index (χ0n) is 27.4. The van der Waals surface area contributed by atoms with Crippen LogP contribution in [0.1, 0.15) is 39.4 Å². The van der Waals surface area contributed by atoms with Gasteiger partial charge < -0.3 is 63.1 Å². The summed E-state index contributed by atoms with van der Waals surface area (Å²) in [6, 6.07) is 0. The number of aliphatic hydroxyl groups excluding tert-OH is 2. The Hall–Kier alpha value is -3.25. The summed E-state index contributed by atoms with van der Waals surface area (Å²) < 4.78 is 79.8. The largest absolute Gasteiger partial charge is 0.481 e. The van der Waals surface area contributed by atoms with E-state index in [0.29, 0.717) is 0 Å².